The average Bonchev–Trinajstić information content (AvgIpc) is 3.37. The van der Waals surface area contributed by atoms with Gasteiger partial charge in [0.05, 0.1) is 5.41 Å². The summed E-state index contributed by atoms with van der Waals surface area (Å²) in [7, 11) is 0. The zero-order valence-electron chi connectivity index (χ0n) is 22.1. The van der Waals surface area contributed by atoms with E-state index >= 15 is 0 Å². The molecule has 0 radical (unpaired) electrons. The summed E-state index contributed by atoms with van der Waals surface area (Å²) in [6, 6.07) is 50.0. The molecular weight excluding hydrogens is 488 g/mol. The first-order valence-electron chi connectivity index (χ1n) is 13.7. The predicted molar refractivity (Wildman–Crippen MR) is 167 cm³/mol. The zero-order chi connectivity index (χ0) is 26.2. The largest absolute Gasteiger partial charge is 0.135 e. The quantitative estimate of drug-likeness (QED) is 0.214. The summed E-state index contributed by atoms with van der Waals surface area (Å²) in [4.78, 5) is 0. The van der Waals surface area contributed by atoms with Gasteiger partial charge in [0, 0.05) is 25.6 Å². The van der Waals surface area contributed by atoms with Gasteiger partial charge in [-0.25, -0.2) is 0 Å². The summed E-state index contributed by atoms with van der Waals surface area (Å²) in [5, 5.41) is 5.34. The molecule has 1 heteroatoms. The normalized spacial score (nSPS) is 15.3. The van der Waals surface area contributed by atoms with Crippen molar-refractivity contribution in [3.8, 4) is 0 Å². The van der Waals surface area contributed by atoms with Crippen LogP contribution in [-0.2, 0) is 10.8 Å². The van der Waals surface area contributed by atoms with Gasteiger partial charge in [0.15, 0.2) is 0 Å². The Balaban J connectivity index is 1.57. The lowest BCUT2D eigenvalue weighted by atomic mass is 9.54. The molecular formula is C38H28S. The maximum Gasteiger partial charge on any atom is 0.0707 e. The van der Waals surface area contributed by atoms with Crippen molar-refractivity contribution in [1.29, 1.82) is 0 Å². The number of fused-ring (bicyclic) bond motifs is 7. The van der Waals surface area contributed by atoms with Gasteiger partial charge < -0.3 is 0 Å². The van der Waals surface area contributed by atoms with Crippen molar-refractivity contribution < 1.29 is 0 Å². The topological polar surface area (TPSA) is 0 Å². The second kappa shape index (κ2) is 8.15. The lowest BCUT2D eigenvalue weighted by Gasteiger charge is -2.48. The average molecular weight is 517 g/mol. The standard InChI is InChI=1S/C38H28S/c1-37(2)30-15-7-9-17-32(30)38(26-12-4-3-5-13-26,33-18-10-8-16-31(33)37)27-22-20-25-21-23-35-36(29(25)24-27)28-14-6-11-19-34(28)39-35/h3-24H,1-2H3. The van der Waals surface area contributed by atoms with Crippen molar-refractivity contribution >= 4 is 42.3 Å². The molecule has 39 heavy (non-hydrogen) atoms. The van der Waals surface area contributed by atoms with E-state index in [2.05, 4.69) is 147 Å². The van der Waals surface area contributed by atoms with E-state index in [1.165, 1.54) is 64.3 Å². The number of hydrogen-bond acceptors (Lipinski definition) is 1. The molecule has 0 unspecified atom stereocenters. The Kier molecular flexibility index (Phi) is 4.75. The van der Waals surface area contributed by atoms with Crippen LogP contribution in [0.25, 0.3) is 30.9 Å². The maximum atomic E-state index is 2.50. The summed E-state index contributed by atoms with van der Waals surface area (Å²) in [5.74, 6) is 0. The fourth-order valence-corrected chi connectivity index (χ4v) is 8.38. The van der Waals surface area contributed by atoms with Crippen LogP contribution in [0, 0.1) is 0 Å². The Hall–Kier alpha value is -4.20. The molecule has 0 fully saturated rings. The van der Waals surface area contributed by atoms with Crippen molar-refractivity contribution in [2.24, 2.45) is 0 Å². The molecule has 1 aromatic heterocycles. The molecule has 0 saturated carbocycles. The molecule has 6 aromatic carbocycles. The van der Waals surface area contributed by atoms with Crippen molar-refractivity contribution in [3.05, 3.63) is 167 Å². The van der Waals surface area contributed by atoms with Crippen LogP contribution in [0.4, 0.5) is 0 Å². The smallest absolute Gasteiger partial charge is 0.0707 e. The van der Waals surface area contributed by atoms with Gasteiger partial charge in [-0.05, 0) is 62.4 Å². The van der Waals surface area contributed by atoms with E-state index in [0.29, 0.717) is 0 Å². The van der Waals surface area contributed by atoms with Crippen molar-refractivity contribution in [1.82, 2.24) is 0 Å². The van der Waals surface area contributed by atoms with Gasteiger partial charge in [-0.15, -0.1) is 11.3 Å². The van der Waals surface area contributed by atoms with Gasteiger partial charge in [-0.3, -0.25) is 0 Å². The fourth-order valence-electron chi connectivity index (χ4n) is 7.25. The van der Waals surface area contributed by atoms with Crippen LogP contribution < -0.4 is 0 Å². The first-order valence-corrected chi connectivity index (χ1v) is 14.5. The Labute approximate surface area is 233 Å². The predicted octanol–water partition coefficient (Wildman–Crippen LogP) is 10.2. The minimum atomic E-state index is -0.424. The third-order valence-electron chi connectivity index (χ3n) is 9.01. The van der Waals surface area contributed by atoms with Crippen molar-refractivity contribution in [2.45, 2.75) is 24.7 Å². The Morgan fingerprint density at radius 1 is 0.462 bits per heavy atom. The van der Waals surface area contributed by atoms with Crippen molar-refractivity contribution in [3.63, 3.8) is 0 Å². The lowest BCUT2D eigenvalue weighted by molar-refractivity contribution is 0.559. The molecule has 0 amide bonds. The number of benzene rings is 6. The van der Waals surface area contributed by atoms with E-state index in [1.54, 1.807) is 0 Å². The highest BCUT2D eigenvalue weighted by atomic mass is 32.1. The minimum absolute atomic E-state index is 0.0981. The number of thiophene rings is 1. The zero-order valence-corrected chi connectivity index (χ0v) is 22.9. The van der Waals surface area contributed by atoms with Gasteiger partial charge >= 0.3 is 0 Å². The van der Waals surface area contributed by atoms with Crippen LogP contribution in [0.15, 0.2) is 133 Å². The second-order valence-corrected chi connectivity index (χ2v) is 12.4. The molecule has 1 heterocycles. The summed E-state index contributed by atoms with van der Waals surface area (Å²) in [5.41, 5.74) is 7.65. The van der Waals surface area contributed by atoms with E-state index in [4.69, 9.17) is 0 Å². The van der Waals surface area contributed by atoms with E-state index in [0.717, 1.165) is 0 Å². The first-order chi connectivity index (χ1) is 19.1. The molecule has 1 aliphatic carbocycles. The molecule has 7 aromatic rings. The third kappa shape index (κ3) is 3.00. The van der Waals surface area contributed by atoms with E-state index < -0.39 is 5.41 Å². The van der Waals surface area contributed by atoms with Crippen LogP contribution in [0.5, 0.6) is 0 Å². The number of rotatable bonds is 2. The van der Waals surface area contributed by atoms with E-state index in [1.807, 2.05) is 11.3 Å². The van der Waals surface area contributed by atoms with E-state index in [-0.39, 0.29) is 5.41 Å². The first kappa shape index (κ1) is 22.8. The van der Waals surface area contributed by atoms with Crippen LogP contribution in [0.1, 0.15) is 47.2 Å². The van der Waals surface area contributed by atoms with Gasteiger partial charge in [0.1, 0.15) is 0 Å². The Morgan fingerprint density at radius 3 is 1.77 bits per heavy atom. The van der Waals surface area contributed by atoms with Crippen molar-refractivity contribution in [2.75, 3.05) is 0 Å². The van der Waals surface area contributed by atoms with Crippen LogP contribution in [-0.4, -0.2) is 0 Å². The highest BCUT2D eigenvalue weighted by molar-refractivity contribution is 7.26. The van der Waals surface area contributed by atoms with Gasteiger partial charge in [0.2, 0.25) is 0 Å². The van der Waals surface area contributed by atoms with Gasteiger partial charge in [-0.2, -0.15) is 0 Å². The SMILES string of the molecule is CC1(C)c2ccccc2C(c2ccccc2)(c2ccc3ccc4sc5ccccc5c4c3c2)c2ccccc21. The Morgan fingerprint density at radius 2 is 1.05 bits per heavy atom. The third-order valence-corrected chi connectivity index (χ3v) is 10.1. The molecule has 8 rings (SSSR count). The molecule has 186 valence electrons. The molecule has 0 atom stereocenters. The molecule has 0 nitrogen and oxygen atoms in total. The molecule has 0 spiro atoms. The monoisotopic (exact) mass is 516 g/mol. The van der Waals surface area contributed by atoms with Crippen LogP contribution >= 0.6 is 11.3 Å². The maximum absolute atomic E-state index is 2.50. The highest BCUT2D eigenvalue weighted by Crippen LogP contribution is 2.56. The molecule has 0 aliphatic heterocycles. The fraction of sp³-hybridized carbons (Fsp3) is 0.105. The summed E-state index contributed by atoms with van der Waals surface area (Å²) in [6.07, 6.45) is 0. The molecule has 0 bridgehead atoms. The van der Waals surface area contributed by atoms with Gasteiger partial charge in [-0.1, -0.05) is 129 Å². The number of hydrogen-bond donors (Lipinski definition) is 0. The minimum Gasteiger partial charge on any atom is -0.135 e. The summed E-state index contributed by atoms with van der Waals surface area (Å²) in [6.45, 7) is 4.75. The lowest BCUT2D eigenvalue weighted by Crippen LogP contribution is -2.41. The summed E-state index contributed by atoms with van der Waals surface area (Å²) >= 11 is 1.89. The second-order valence-electron chi connectivity index (χ2n) is 11.3. The molecule has 0 N–H and O–H groups in total. The molecule has 0 saturated heterocycles. The van der Waals surface area contributed by atoms with Crippen LogP contribution in [0.3, 0.4) is 0 Å². The molecule has 1 aliphatic rings. The van der Waals surface area contributed by atoms with Gasteiger partial charge in [0.25, 0.3) is 0 Å². The van der Waals surface area contributed by atoms with Crippen LogP contribution in [0.2, 0.25) is 0 Å². The summed E-state index contributed by atoms with van der Waals surface area (Å²) < 4.78 is 2.69. The van der Waals surface area contributed by atoms with E-state index in [9.17, 15) is 0 Å². The highest BCUT2D eigenvalue weighted by Gasteiger charge is 2.48. The Bertz CT molecular complexity index is 1990.